The van der Waals surface area contributed by atoms with E-state index in [1.807, 2.05) is 24.3 Å². The molecule has 0 saturated carbocycles. The van der Waals surface area contributed by atoms with Gasteiger partial charge in [-0.1, -0.05) is 84.9 Å². The fourth-order valence-electron chi connectivity index (χ4n) is 6.31. The van der Waals surface area contributed by atoms with Crippen LogP contribution in [0.2, 0.25) is 0 Å². The van der Waals surface area contributed by atoms with Crippen molar-refractivity contribution < 1.29 is 4.42 Å². The number of hydrogen-bond acceptors (Lipinski definition) is 2. The Morgan fingerprint density at radius 3 is 2.02 bits per heavy atom. The van der Waals surface area contributed by atoms with E-state index in [4.69, 9.17) is 9.40 Å². The van der Waals surface area contributed by atoms with E-state index in [1.165, 1.54) is 10.8 Å². The molecule has 4 nitrogen and oxygen atoms in total. The number of hydrogen-bond donors (Lipinski definition) is 0. The number of furan rings is 1. The van der Waals surface area contributed by atoms with Gasteiger partial charge in [0.25, 0.3) is 0 Å². The van der Waals surface area contributed by atoms with Crippen LogP contribution in [0.5, 0.6) is 0 Å². The lowest BCUT2D eigenvalue weighted by Crippen LogP contribution is -2.00. The van der Waals surface area contributed by atoms with Crippen LogP contribution in [0.3, 0.4) is 0 Å². The van der Waals surface area contributed by atoms with E-state index in [0.717, 1.165) is 66.8 Å². The number of nitrogens with zero attached hydrogens (tertiary/aromatic N) is 3. The second kappa shape index (κ2) is 8.44. The van der Waals surface area contributed by atoms with E-state index in [2.05, 4.69) is 124 Å². The highest BCUT2D eigenvalue weighted by atomic mass is 16.3. The van der Waals surface area contributed by atoms with Crippen molar-refractivity contribution in [2.24, 2.45) is 0 Å². The van der Waals surface area contributed by atoms with E-state index in [9.17, 15) is 0 Å². The summed E-state index contributed by atoms with van der Waals surface area (Å²) in [5.74, 6) is 0.926. The van der Waals surface area contributed by atoms with Gasteiger partial charge in [-0.25, -0.2) is 4.98 Å². The summed E-state index contributed by atoms with van der Waals surface area (Å²) in [5, 5.41) is 4.71. The van der Waals surface area contributed by atoms with Crippen molar-refractivity contribution in [3.63, 3.8) is 0 Å². The van der Waals surface area contributed by atoms with Crippen LogP contribution in [0.1, 0.15) is 0 Å². The zero-order chi connectivity index (χ0) is 26.9. The molecule has 0 N–H and O–H groups in total. The van der Waals surface area contributed by atoms with E-state index in [-0.39, 0.29) is 0 Å². The van der Waals surface area contributed by atoms with Gasteiger partial charge in [0, 0.05) is 44.5 Å². The van der Waals surface area contributed by atoms with Crippen molar-refractivity contribution in [2.75, 3.05) is 0 Å². The summed E-state index contributed by atoms with van der Waals surface area (Å²) in [6.07, 6.45) is 0. The molecule has 0 aliphatic heterocycles. The van der Waals surface area contributed by atoms with Crippen molar-refractivity contribution in [3.05, 3.63) is 140 Å². The molecule has 9 rings (SSSR count). The SMILES string of the molecule is c1ccc(-c2nc3ccccc3n2-c2cccc(-n3c4ccccc4c4cc5c(cc43)oc3ccccc35)c2)cc1. The number of rotatable bonds is 3. The van der Waals surface area contributed by atoms with Crippen molar-refractivity contribution >= 4 is 54.8 Å². The molecule has 0 atom stereocenters. The minimum atomic E-state index is 0.894. The molecular formula is C37H23N3O. The van der Waals surface area contributed by atoms with Gasteiger partial charge in [0.15, 0.2) is 0 Å². The fourth-order valence-corrected chi connectivity index (χ4v) is 6.31. The van der Waals surface area contributed by atoms with Gasteiger partial charge in [0.1, 0.15) is 17.0 Å². The first-order valence-electron chi connectivity index (χ1n) is 13.8. The lowest BCUT2D eigenvalue weighted by Gasteiger charge is -2.13. The molecule has 41 heavy (non-hydrogen) atoms. The van der Waals surface area contributed by atoms with Gasteiger partial charge in [-0.15, -0.1) is 0 Å². The molecule has 0 amide bonds. The minimum absolute atomic E-state index is 0.894. The van der Waals surface area contributed by atoms with Crippen LogP contribution in [0.4, 0.5) is 0 Å². The largest absolute Gasteiger partial charge is 0.456 e. The third kappa shape index (κ3) is 3.25. The van der Waals surface area contributed by atoms with E-state index >= 15 is 0 Å². The van der Waals surface area contributed by atoms with Crippen LogP contribution in [0.25, 0.3) is 77.5 Å². The van der Waals surface area contributed by atoms with E-state index < -0.39 is 0 Å². The standard InChI is InChI=1S/C37H23N3O/c1-2-11-24(12-3-1)37-38-31-17-6-8-19-33(31)40(37)26-14-10-13-25(21-26)39-32-18-7-4-15-27(32)29-22-30-28-16-5-9-20-35(28)41-36(30)23-34(29)39/h1-23H. The first-order valence-corrected chi connectivity index (χ1v) is 13.8. The van der Waals surface area contributed by atoms with Crippen LogP contribution in [-0.2, 0) is 0 Å². The highest BCUT2D eigenvalue weighted by Crippen LogP contribution is 2.38. The lowest BCUT2D eigenvalue weighted by molar-refractivity contribution is 0.669. The zero-order valence-corrected chi connectivity index (χ0v) is 22.0. The Balaban J connectivity index is 1.33. The maximum atomic E-state index is 6.32. The monoisotopic (exact) mass is 525 g/mol. The summed E-state index contributed by atoms with van der Waals surface area (Å²) >= 11 is 0. The molecule has 0 aliphatic rings. The Kier molecular flexibility index (Phi) is 4.58. The molecule has 0 saturated heterocycles. The molecule has 0 fully saturated rings. The topological polar surface area (TPSA) is 35.9 Å². The van der Waals surface area contributed by atoms with Crippen LogP contribution < -0.4 is 0 Å². The van der Waals surface area contributed by atoms with Crippen LogP contribution >= 0.6 is 0 Å². The van der Waals surface area contributed by atoms with Crippen LogP contribution in [-0.4, -0.2) is 14.1 Å². The number of benzene rings is 6. The van der Waals surface area contributed by atoms with Gasteiger partial charge >= 0.3 is 0 Å². The Morgan fingerprint density at radius 1 is 0.439 bits per heavy atom. The molecule has 0 radical (unpaired) electrons. The highest BCUT2D eigenvalue weighted by molar-refractivity contribution is 6.17. The van der Waals surface area contributed by atoms with Gasteiger partial charge in [0.2, 0.25) is 0 Å². The molecule has 3 heterocycles. The molecule has 0 bridgehead atoms. The Morgan fingerprint density at radius 2 is 1.15 bits per heavy atom. The first kappa shape index (κ1) is 22.2. The average Bonchev–Trinajstić information content (AvgIpc) is 3.70. The summed E-state index contributed by atoms with van der Waals surface area (Å²) in [4.78, 5) is 5.05. The molecule has 0 unspecified atom stereocenters. The Labute approximate surface area is 235 Å². The van der Waals surface area contributed by atoms with Crippen molar-refractivity contribution in [1.82, 2.24) is 14.1 Å². The number of imidazole rings is 1. The third-order valence-corrected chi connectivity index (χ3v) is 8.11. The maximum absolute atomic E-state index is 6.32. The smallest absolute Gasteiger partial charge is 0.145 e. The molecule has 192 valence electrons. The Bertz CT molecular complexity index is 2420. The Hall–Kier alpha value is -5.61. The normalized spacial score (nSPS) is 11.9. The van der Waals surface area contributed by atoms with Gasteiger partial charge in [-0.3, -0.25) is 4.57 Å². The number of aromatic nitrogens is 3. The highest BCUT2D eigenvalue weighted by Gasteiger charge is 2.18. The molecule has 4 heteroatoms. The van der Waals surface area contributed by atoms with Gasteiger partial charge < -0.3 is 8.98 Å². The van der Waals surface area contributed by atoms with Crippen molar-refractivity contribution in [3.8, 4) is 22.8 Å². The summed E-state index contributed by atoms with van der Waals surface area (Å²) in [7, 11) is 0. The van der Waals surface area contributed by atoms with Crippen molar-refractivity contribution in [1.29, 1.82) is 0 Å². The minimum Gasteiger partial charge on any atom is -0.456 e. The molecule has 3 aromatic heterocycles. The van der Waals surface area contributed by atoms with Crippen LogP contribution in [0.15, 0.2) is 144 Å². The second-order valence-electron chi connectivity index (χ2n) is 10.5. The first-order chi connectivity index (χ1) is 20.3. The molecule has 6 aromatic carbocycles. The number of para-hydroxylation sites is 4. The van der Waals surface area contributed by atoms with Gasteiger partial charge in [-0.05, 0) is 48.5 Å². The summed E-state index contributed by atoms with van der Waals surface area (Å²) in [5.41, 5.74) is 9.36. The summed E-state index contributed by atoms with van der Waals surface area (Å²) in [6.45, 7) is 0. The molecule has 0 aliphatic carbocycles. The van der Waals surface area contributed by atoms with E-state index in [1.54, 1.807) is 0 Å². The van der Waals surface area contributed by atoms with Crippen molar-refractivity contribution in [2.45, 2.75) is 0 Å². The molecule has 9 aromatic rings. The average molecular weight is 526 g/mol. The predicted molar refractivity (Wildman–Crippen MR) is 168 cm³/mol. The number of fused-ring (bicyclic) bond motifs is 7. The molecule has 0 spiro atoms. The maximum Gasteiger partial charge on any atom is 0.145 e. The lowest BCUT2D eigenvalue weighted by atomic mass is 10.1. The van der Waals surface area contributed by atoms with Crippen LogP contribution in [0, 0.1) is 0 Å². The molecular weight excluding hydrogens is 502 g/mol. The summed E-state index contributed by atoms with van der Waals surface area (Å²) in [6, 6.07) is 48.8. The van der Waals surface area contributed by atoms with E-state index in [0.29, 0.717) is 0 Å². The quantitative estimate of drug-likeness (QED) is 0.230. The second-order valence-corrected chi connectivity index (χ2v) is 10.5. The zero-order valence-electron chi connectivity index (χ0n) is 22.0. The van der Waals surface area contributed by atoms with Gasteiger partial charge in [-0.2, -0.15) is 0 Å². The van der Waals surface area contributed by atoms with Gasteiger partial charge in [0.05, 0.1) is 22.1 Å². The summed E-state index contributed by atoms with van der Waals surface area (Å²) < 4.78 is 10.9. The fraction of sp³-hybridized carbons (Fsp3) is 0. The third-order valence-electron chi connectivity index (χ3n) is 8.11. The predicted octanol–water partition coefficient (Wildman–Crippen LogP) is 9.69.